The van der Waals surface area contributed by atoms with Gasteiger partial charge in [0.05, 0.1) is 25.5 Å². The third-order valence-electron chi connectivity index (χ3n) is 3.39. The number of carboxylic acid groups (broad SMARTS) is 1. The lowest BCUT2D eigenvalue weighted by Crippen LogP contribution is -2.46. The molecule has 0 aliphatic rings. The fourth-order valence-electron chi connectivity index (χ4n) is 2.28. The van der Waals surface area contributed by atoms with Crippen molar-refractivity contribution in [1.82, 2.24) is 5.32 Å². The van der Waals surface area contributed by atoms with Crippen LogP contribution in [0.2, 0.25) is 0 Å². The largest absolute Gasteiger partial charge is 0.490 e. The summed E-state index contributed by atoms with van der Waals surface area (Å²) in [6.07, 6.45) is 0. The standard InChI is InChI=1S/C18H28N2O6/c1-6-24-13-9-12(10-14(25-7-2)16(13)26-8-3)19-18(23)20-15(11(4)5)17(21)22/h9-11,15H,6-8H2,1-5H3,(H,21,22)(H2,19,20,23). The number of urea groups is 1. The maximum absolute atomic E-state index is 12.2. The average molecular weight is 368 g/mol. The number of carbonyl (C=O) groups is 2. The number of nitrogens with one attached hydrogen (secondary N) is 2. The summed E-state index contributed by atoms with van der Waals surface area (Å²) < 4.78 is 16.8. The molecule has 0 saturated heterocycles. The fourth-order valence-corrected chi connectivity index (χ4v) is 2.28. The summed E-state index contributed by atoms with van der Waals surface area (Å²) >= 11 is 0. The van der Waals surface area contributed by atoms with E-state index in [0.29, 0.717) is 42.8 Å². The molecule has 1 unspecified atom stereocenters. The summed E-state index contributed by atoms with van der Waals surface area (Å²) in [6.45, 7) is 10.2. The lowest BCUT2D eigenvalue weighted by molar-refractivity contribution is -0.140. The summed E-state index contributed by atoms with van der Waals surface area (Å²) in [5, 5.41) is 14.2. The molecule has 1 atom stereocenters. The second kappa shape index (κ2) is 10.4. The monoisotopic (exact) mass is 368 g/mol. The molecule has 2 amide bonds. The zero-order chi connectivity index (χ0) is 19.7. The number of amides is 2. The lowest BCUT2D eigenvalue weighted by atomic mass is 10.1. The molecule has 8 heteroatoms. The second-order valence-electron chi connectivity index (χ2n) is 5.76. The van der Waals surface area contributed by atoms with Gasteiger partial charge < -0.3 is 30.0 Å². The molecule has 0 spiro atoms. The second-order valence-corrected chi connectivity index (χ2v) is 5.76. The summed E-state index contributed by atoms with van der Waals surface area (Å²) in [4.78, 5) is 23.4. The highest BCUT2D eigenvalue weighted by Gasteiger charge is 2.24. The van der Waals surface area contributed by atoms with E-state index < -0.39 is 18.0 Å². The van der Waals surface area contributed by atoms with Gasteiger partial charge in [-0.15, -0.1) is 0 Å². The van der Waals surface area contributed by atoms with Gasteiger partial charge in [0.2, 0.25) is 5.75 Å². The third kappa shape index (κ3) is 6.02. The van der Waals surface area contributed by atoms with Gasteiger partial charge in [-0.05, 0) is 26.7 Å². The Morgan fingerprint density at radius 1 is 1.00 bits per heavy atom. The van der Waals surface area contributed by atoms with Crippen molar-refractivity contribution in [3.63, 3.8) is 0 Å². The number of hydrogen-bond acceptors (Lipinski definition) is 5. The minimum Gasteiger partial charge on any atom is -0.490 e. The fraction of sp³-hybridized carbons (Fsp3) is 0.556. The molecule has 0 heterocycles. The molecule has 1 rings (SSSR count). The van der Waals surface area contributed by atoms with Crippen molar-refractivity contribution in [2.24, 2.45) is 5.92 Å². The van der Waals surface area contributed by atoms with Crippen LogP contribution in [0, 0.1) is 5.92 Å². The summed E-state index contributed by atoms with van der Waals surface area (Å²) in [7, 11) is 0. The molecular weight excluding hydrogens is 340 g/mol. The van der Waals surface area contributed by atoms with Gasteiger partial charge in [-0.3, -0.25) is 0 Å². The molecule has 0 radical (unpaired) electrons. The number of aliphatic carboxylic acids is 1. The molecule has 0 aromatic heterocycles. The van der Waals surface area contributed by atoms with Crippen molar-refractivity contribution in [1.29, 1.82) is 0 Å². The molecule has 0 aliphatic heterocycles. The lowest BCUT2D eigenvalue weighted by Gasteiger charge is -2.20. The van der Waals surface area contributed by atoms with Crippen molar-refractivity contribution in [3.8, 4) is 17.2 Å². The Hall–Kier alpha value is -2.64. The van der Waals surface area contributed by atoms with E-state index in [-0.39, 0.29) is 5.92 Å². The molecule has 1 aromatic rings. The van der Waals surface area contributed by atoms with E-state index in [9.17, 15) is 14.7 Å². The number of anilines is 1. The number of rotatable bonds is 10. The molecule has 0 bridgehead atoms. The molecule has 0 saturated carbocycles. The van der Waals surface area contributed by atoms with Crippen LogP contribution in [0.3, 0.4) is 0 Å². The van der Waals surface area contributed by atoms with Crippen molar-refractivity contribution in [3.05, 3.63) is 12.1 Å². The number of carboxylic acids is 1. The van der Waals surface area contributed by atoms with Crippen LogP contribution in [0.1, 0.15) is 34.6 Å². The van der Waals surface area contributed by atoms with Crippen LogP contribution < -0.4 is 24.8 Å². The third-order valence-corrected chi connectivity index (χ3v) is 3.39. The molecule has 0 aliphatic carbocycles. The average Bonchev–Trinajstić information content (AvgIpc) is 2.55. The van der Waals surface area contributed by atoms with E-state index >= 15 is 0 Å². The SMILES string of the molecule is CCOc1cc(NC(=O)NC(C(=O)O)C(C)C)cc(OCC)c1OCC. The molecule has 1 aromatic carbocycles. The van der Waals surface area contributed by atoms with Crippen LogP contribution in [0.4, 0.5) is 10.5 Å². The Balaban J connectivity index is 3.07. The highest BCUT2D eigenvalue weighted by atomic mass is 16.5. The zero-order valence-electron chi connectivity index (χ0n) is 15.9. The van der Waals surface area contributed by atoms with Crippen LogP contribution in [0.5, 0.6) is 17.2 Å². The van der Waals surface area contributed by atoms with Crippen molar-refractivity contribution >= 4 is 17.7 Å². The number of benzene rings is 1. The van der Waals surface area contributed by atoms with Gasteiger partial charge in [-0.2, -0.15) is 0 Å². The predicted molar refractivity (Wildman–Crippen MR) is 98.4 cm³/mol. The van der Waals surface area contributed by atoms with Crippen molar-refractivity contribution in [2.75, 3.05) is 25.1 Å². The van der Waals surface area contributed by atoms with Crippen molar-refractivity contribution in [2.45, 2.75) is 40.7 Å². The number of ether oxygens (including phenoxy) is 3. The first-order valence-corrected chi connectivity index (χ1v) is 8.70. The van der Waals surface area contributed by atoms with Gasteiger partial charge in [-0.1, -0.05) is 13.8 Å². The van der Waals surface area contributed by atoms with Crippen LogP contribution >= 0.6 is 0 Å². The van der Waals surface area contributed by atoms with Gasteiger partial charge in [0.15, 0.2) is 11.5 Å². The number of carbonyl (C=O) groups excluding carboxylic acids is 1. The van der Waals surface area contributed by atoms with E-state index in [0.717, 1.165) is 0 Å². The first-order valence-electron chi connectivity index (χ1n) is 8.70. The minimum atomic E-state index is -1.09. The quantitative estimate of drug-likeness (QED) is 0.586. The predicted octanol–water partition coefficient (Wildman–Crippen LogP) is 3.11. The Bertz CT molecular complexity index is 591. The van der Waals surface area contributed by atoms with Gasteiger partial charge in [0.25, 0.3) is 0 Å². The Kier molecular flexibility index (Phi) is 8.54. The minimum absolute atomic E-state index is 0.253. The summed E-state index contributed by atoms with van der Waals surface area (Å²) in [6, 6.07) is 1.61. The highest BCUT2D eigenvalue weighted by Crippen LogP contribution is 2.40. The van der Waals surface area contributed by atoms with Gasteiger partial charge in [0.1, 0.15) is 6.04 Å². The van der Waals surface area contributed by atoms with E-state index in [1.54, 1.807) is 26.0 Å². The molecular formula is C18H28N2O6. The van der Waals surface area contributed by atoms with Crippen LogP contribution in [0.15, 0.2) is 12.1 Å². The molecule has 3 N–H and O–H groups in total. The first-order chi connectivity index (χ1) is 12.3. The van der Waals surface area contributed by atoms with Gasteiger partial charge in [0, 0.05) is 12.1 Å². The maximum atomic E-state index is 12.2. The smallest absolute Gasteiger partial charge is 0.326 e. The first kappa shape index (κ1) is 21.4. The molecule has 26 heavy (non-hydrogen) atoms. The van der Waals surface area contributed by atoms with Crippen molar-refractivity contribution < 1.29 is 28.9 Å². The summed E-state index contributed by atoms with van der Waals surface area (Å²) in [5.74, 6) is -0.000328. The zero-order valence-corrected chi connectivity index (χ0v) is 15.9. The van der Waals surface area contributed by atoms with E-state index in [1.165, 1.54) is 0 Å². The maximum Gasteiger partial charge on any atom is 0.326 e. The van der Waals surface area contributed by atoms with E-state index in [4.69, 9.17) is 14.2 Å². The molecule has 0 fully saturated rings. The highest BCUT2D eigenvalue weighted by molar-refractivity contribution is 5.93. The van der Waals surface area contributed by atoms with E-state index in [2.05, 4.69) is 10.6 Å². The van der Waals surface area contributed by atoms with Crippen LogP contribution in [-0.2, 0) is 4.79 Å². The Morgan fingerprint density at radius 3 is 1.88 bits per heavy atom. The Morgan fingerprint density at radius 2 is 1.50 bits per heavy atom. The molecule has 146 valence electrons. The van der Waals surface area contributed by atoms with Gasteiger partial charge in [-0.25, -0.2) is 9.59 Å². The van der Waals surface area contributed by atoms with E-state index in [1.807, 2.05) is 20.8 Å². The topological polar surface area (TPSA) is 106 Å². The van der Waals surface area contributed by atoms with Gasteiger partial charge >= 0.3 is 12.0 Å². The van der Waals surface area contributed by atoms with Crippen LogP contribution in [0.25, 0.3) is 0 Å². The normalized spacial score (nSPS) is 11.6. The van der Waals surface area contributed by atoms with Crippen LogP contribution in [-0.4, -0.2) is 43.0 Å². The summed E-state index contributed by atoms with van der Waals surface area (Å²) in [5.41, 5.74) is 0.408. The Labute approximate surface area is 153 Å². The molecule has 8 nitrogen and oxygen atoms in total. The number of hydrogen-bond donors (Lipinski definition) is 3.